The molecule has 0 aromatic rings. The second-order valence-corrected chi connectivity index (χ2v) is 1.21. The van der Waals surface area contributed by atoms with E-state index in [1.807, 2.05) is 0 Å². The van der Waals surface area contributed by atoms with E-state index in [9.17, 15) is 0 Å². The van der Waals surface area contributed by atoms with E-state index < -0.39 is 6.29 Å². The Bertz CT molecular complexity index is 104. The van der Waals surface area contributed by atoms with E-state index in [0.29, 0.717) is 0 Å². The molecule has 3 heteroatoms. The van der Waals surface area contributed by atoms with Crippen LogP contribution in [-0.2, 0) is 0 Å². The van der Waals surface area contributed by atoms with E-state index in [2.05, 4.69) is 6.58 Å². The van der Waals surface area contributed by atoms with Crippen LogP contribution in [0.1, 0.15) is 0 Å². The van der Waals surface area contributed by atoms with Crippen LogP contribution in [0.4, 0.5) is 0 Å². The van der Waals surface area contributed by atoms with Crippen molar-refractivity contribution in [2.24, 2.45) is 0 Å². The Hall–Kier alpha value is -0.800. The van der Waals surface area contributed by atoms with Crippen molar-refractivity contribution < 1.29 is 15.3 Å². The number of allylic oxidation sites excluding steroid dienone is 1. The number of rotatable bonds is 2. The second-order valence-electron chi connectivity index (χ2n) is 1.21. The summed E-state index contributed by atoms with van der Waals surface area (Å²) in [6.45, 7) is 3.17. The SMILES string of the molecule is C=CC(O)=CC(O)O. The van der Waals surface area contributed by atoms with Crippen molar-refractivity contribution in [2.75, 3.05) is 0 Å². The molecule has 0 saturated carbocycles. The normalized spacial score (nSPS) is 12.1. The zero-order valence-electron chi connectivity index (χ0n) is 4.28. The van der Waals surface area contributed by atoms with Crippen LogP contribution in [0.25, 0.3) is 0 Å². The molecule has 3 N–H and O–H groups in total. The van der Waals surface area contributed by atoms with Gasteiger partial charge in [-0.15, -0.1) is 0 Å². The molecule has 0 unspecified atom stereocenters. The molecule has 0 aliphatic rings. The Kier molecular flexibility index (Phi) is 2.91. The van der Waals surface area contributed by atoms with E-state index in [4.69, 9.17) is 15.3 Å². The molecule has 0 atom stereocenters. The molecule has 0 aliphatic heterocycles. The standard InChI is InChI=1S/C5H8O3/c1-2-4(6)3-5(7)8/h2-3,5-8H,1H2. The molecule has 46 valence electrons. The first-order chi connectivity index (χ1) is 3.66. The first kappa shape index (κ1) is 7.20. The van der Waals surface area contributed by atoms with Crippen LogP contribution in [-0.4, -0.2) is 21.6 Å². The minimum atomic E-state index is -1.60. The van der Waals surface area contributed by atoms with Crippen molar-refractivity contribution in [3.8, 4) is 0 Å². The molecule has 0 radical (unpaired) electrons. The van der Waals surface area contributed by atoms with Gasteiger partial charge < -0.3 is 15.3 Å². The lowest BCUT2D eigenvalue weighted by molar-refractivity contribution is 0.000358. The third-order valence-corrected chi connectivity index (χ3v) is 0.529. The Morgan fingerprint density at radius 3 is 2.12 bits per heavy atom. The lowest BCUT2D eigenvalue weighted by Crippen LogP contribution is -1.99. The van der Waals surface area contributed by atoms with Crippen LogP contribution in [0.2, 0.25) is 0 Å². The average molecular weight is 116 g/mol. The second kappa shape index (κ2) is 3.23. The number of aliphatic hydroxyl groups is 3. The van der Waals surface area contributed by atoms with E-state index in [-0.39, 0.29) is 5.76 Å². The predicted octanol–water partition coefficient (Wildman–Crippen LogP) is -0.0750. The molecule has 8 heavy (non-hydrogen) atoms. The van der Waals surface area contributed by atoms with Crippen LogP contribution in [0, 0.1) is 0 Å². The van der Waals surface area contributed by atoms with Gasteiger partial charge in [-0.2, -0.15) is 0 Å². The number of hydrogen-bond acceptors (Lipinski definition) is 3. The van der Waals surface area contributed by atoms with Gasteiger partial charge in [0, 0.05) is 6.08 Å². The quantitative estimate of drug-likeness (QED) is 0.269. The predicted molar refractivity (Wildman–Crippen MR) is 29.1 cm³/mol. The van der Waals surface area contributed by atoms with E-state index >= 15 is 0 Å². The topological polar surface area (TPSA) is 60.7 Å². The monoisotopic (exact) mass is 116 g/mol. The summed E-state index contributed by atoms with van der Waals surface area (Å²) in [5, 5.41) is 24.7. The lowest BCUT2D eigenvalue weighted by atomic mass is 10.4. The summed E-state index contributed by atoms with van der Waals surface area (Å²) in [6, 6.07) is 0. The smallest absolute Gasteiger partial charge is 0.175 e. The zero-order chi connectivity index (χ0) is 6.57. The van der Waals surface area contributed by atoms with Crippen molar-refractivity contribution in [3.63, 3.8) is 0 Å². The lowest BCUT2D eigenvalue weighted by Gasteiger charge is -1.92. The zero-order valence-corrected chi connectivity index (χ0v) is 4.28. The van der Waals surface area contributed by atoms with E-state index in [1.54, 1.807) is 0 Å². The highest BCUT2D eigenvalue weighted by Crippen LogP contribution is 1.89. The molecule has 0 spiro atoms. The maximum absolute atomic E-state index is 8.45. The highest BCUT2D eigenvalue weighted by Gasteiger charge is 1.89. The minimum Gasteiger partial charge on any atom is -0.508 e. The molecule has 0 aromatic heterocycles. The highest BCUT2D eigenvalue weighted by molar-refractivity contribution is 5.06. The van der Waals surface area contributed by atoms with Crippen molar-refractivity contribution in [1.82, 2.24) is 0 Å². The fourth-order valence-corrected chi connectivity index (χ4v) is 0.221. The van der Waals surface area contributed by atoms with Crippen LogP contribution in [0.3, 0.4) is 0 Å². The third-order valence-electron chi connectivity index (χ3n) is 0.529. The number of hydrogen-bond donors (Lipinski definition) is 3. The molecule has 0 bridgehead atoms. The third kappa shape index (κ3) is 3.39. The van der Waals surface area contributed by atoms with Crippen molar-refractivity contribution in [3.05, 3.63) is 24.5 Å². The van der Waals surface area contributed by atoms with E-state index in [0.717, 1.165) is 12.2 Å². The first-order valence-electron chi connectivity index (χ1n) is 2.06. The molecular formula is C5H8O3. The summed E-state index contributed by atoms with van der Waals surface area (Å²) in [7, 11) is 0. The fraction of sp³-hybridized carbons (Fsp3) is 0.200. The van der Waals surface area contributed by atoms with Gasteiger partial charge in [0.25, 0.3) is 0 Å². The van der Waals surface area contributed by atoms with Crippen LogP contribution in [0.5, 0.6) is 0 Å². The van der Waals surface area contributed by atoms with Gasteiger partial charge in [-0.3, -0.25) is 0 Å². The molecule has 0 saturated heterocycles. The molecule has 0 aliphatic carbocycles. The molecular weight excluding hydrogens is 108 g/mol. The van der Waals surface area contributed by atoms with Gasteiger partial charge >= 0.3 is 0 Å². The van der Waals surface area contributed by atoms with Gasteiger partial charge in [-0.1, -0.05) is 6.58 Å². The van der Waals surface area contributed by atoms with Gasteiger partial charge in [0.2, 0.25) is 0 Å². The molecule has 0 amide bonds. The summed E-state index contributed by atoms with van der Waals surface area (Å²) < 4.78 is 0. The maximum atomic E-state index is 8.45. The summed E-state index contributed by atoms with van der Waals surface area (Å²) in [5.74, 6) is -0.236. The summed E-state index contributed by atoms with van der Waals surface area (Å²) in [4.78, 5) is 0. The van der Waals surface area contributed by atoms with Crippen molar-refractivity contribution >= 4 is 0 Å². The average Bonchev–Trinajstić information content (AvgIpc) is 1.65. The fourth-order valence-electron chi connectivity index (χ4n) is 0.221. The molecule has 0 heterocycles. The van der Waals surface area contributed by atoms with Gasteiger partial charge in [0.15, 0.2) is 6.29 Å². The maximum Gasteiger partial charge on any atom is 0.175 e. The highest BCUT2D eigenvalue weighted by atomic mass is 16.5. The summed E-state index contributed by atoms with van der Waals surface area (Å²) >= 11 is 0. The molecule has 0 aromatic carbocycles. The van der Waals surface area contributed by atoms with Gasteiger partial charge in [-0.05, 0) is 6.08 Å². The van der Waals surface area contributed by atoms with Crippen LogP contribution < -0.4 is 0 Å². The summed E-state index contributed by atoms with van der Waals surface area (Å²) in [6.07, 6.45) is 0.361. The van der Waals surface area contributed by atoms with Gasteiger partial charge in [0.1, 0.15) is 5.76 Å². The minimum absolute atomic E-state index is 0.236. The molecule has 3 nitrogen and oxygen atoms in total. The first-order valence-corrected chi connectivity index (χ1v) is 2.06. The van der Waals surface area contributed by atoms with Gasteiger partial charge in [-0.25, -0.2) is 0 Å². The van der Waals surface area contributed by atoms with Gasteiger partial charge in [0.05, 0.1) is 0 Å². The largest absolute Gasteiger partial charge is 0.508 e. The Labute approximate surface area is 47.2 Å². The Morgan fingerprint density at radius 1 is 1.50 bits per heavy atom. The van der Waals surface area contributed by atoms with Crippen LogP contribution in [0.15, 0.2) is 24.5 Å². The van der Waals surface area contributed by atoms with Crippen molar-refractivity contribution in [1.29, 1.82) is 0 Å². The van der Waals surface area contributed by atoms with E-state index in [1.165, 1.54) is 0 Å². The number of aliphatic hydroxyl groups excluding tert-OH is 2. The van der Waals surface area contributed by atoms with Crippen molar-refractivity contribution in [2.45, 2.75) is 6.29 Å². The Morgan fingerprint density at radius 2 is 2.00 bits per heavy atom. The Balaban J connectivity index is 3.74. The molecule has 0 fully saturated rings. The summed E-state index contributed by atoms with van der Waals surface area (Å²) in [5.41, 5.74) is 0. The van der Waals surface area contributed by atoms with Crippen LogP contribution >= 0.6 is 0 Å². The molecule has 0 rings (SSSR count).